The van der Waals surface area contributed by atoms with Crippen LogP contribution in [0.3, 0.4) is 0 Å². The fraction of sp³-hybridized carbons (Fsp3) is 0.385. The summed E-state index contributed by atoms with van der Waals surface area (Å²) in [7, 11) is 0. The van der Waals surface area contributed by atoms with E-state index in [4.69, 9.17) is 5.11 Å². The molecular formula is C13H16N2O3. The molecule has 0 saturated heterocycles. The third kappa shape index (κ3) is 2.51. The van der Waals surface area contributed by atoms with Gasteiger partial charge in [-0.1, -0.05) is 0 Å². The molecular weight excluding hydrogens is 232 g/mol. The number of aromatic nitrogens is 2. The standard InChI is InChI=1S/C13H16N2O3/c1-8-3-11-12(4-9(8)2)15(7-14-11)6-10(16)5-13(17)18/h3-4,7,10,16H,5-6H2,1-2H3,(H,17,18). The predicted octanol–water partition coefficient (Wildman–Crippen LogP) is 1.49. The molecule has 0 radical (unpaired) electrons. The molecule has 2 N–H and O–H groups in total. The Kier molecular flexibility index (Phi) is 3.34. The third-order valence-corrected chi connectivity index (χ3v) is 3.05. The first-order chi connectivity index (χ1) is 8.47. The van der Waals surface area contributed by atoms with E-state index in [-0.39, 0.29) is 13.0 Å². The average Bonchev–Trinajstić information content (AvgIpc) is 2.61. The maximum Gasteiger partial charge on any atom is 0.306 e. The zero-order valence-electron chi connectivity index (χ0n) is 10.4. The fourth-order valence-corrected chi connectivity index (χ4v) is 1.95. The van der Waals surface area contributed by atoms with Crippen molar-refractivity contribution in [3.63, 3.8) is 0 Å². The Morgan fingerprint density at radius 3 is 2.72 bits per heavy atom. The molecule has 2 rings (SSSR count). The Bertz CT molecular complexity index is 589. The van der Waals surface area contributed by atoms with Crippen molar-refractivity contribution in [1.82, 2.24) is 9.55 Å². The van der Waals surface area contributed by atoms with E-state index < -0.39 is 12.1 Å². The molecule has 2 aromatic rings. The highest BCUT2D eigenvalue weighted by molar-refractivity contribution is 5.77. The lowest BCUT2D eigenvalue weighted by molar-refractivity contribution is -0.139. The highest BCUT2D eigenvalue weighted by atomic mass is 16.4. The molecule has 0 bridgehead atoms. The molecule has 0 aliphatic heterocycles. The number of carboxylic acids is 1. The van der Waals surface area contributed by atoms with E-state index in [9.17, 15) is 9.90 Å². The van der Waals surface area contributed by atoms with Gasteiger partial charge in [0.15, 0.2) is 0 Å². The Balaban J connectivity index is 2.29. The van der Waals surface area contributed by atoms with Gasteiger partial charge in [-0.3, -0.25) is 4.79 Å². The minimum absolute atomic E-state index is 0.241. The molecule has 0 spiro atoms. The van der Waals surface area contributed by atoms with Crippen LogP contribution in [0, 0.1) is 13.8 Å². The largest absolute Gasteiger partial charge is 0.481 e. The van der Waals surface area contributed by atoms with Crippen LogP contribution in [-0.4, -0.2) is 31.8 Å². The second kappa shape index (κ2) is 4.78. The number of aliphatic hydroxyl groups excluding tert-OH is 1. The maximum atomic E-state index is 10.5. The summed E-state index contributed by atoms with van der Waals surface area (Å²) in [6.45, 7) is 4.28. The number of aliphatic carboxylic acids is 1. The molecule has 0 fully saturated rings. The van der Waals surface area contributed by atoms with E-state index >= 15 is 0 Å². The molecule has 0 aliphatic rings. The lowest BCUT2D eigenvalue weighted by Gasteiger charge is -2.10. The van der Waals surface area contributed by atoms with Crippen molar-refractivity contribution >= 4 is 17.0 Å². The molecule has 0 amide bonds. The van der Waals surface area contributed by atoms with Crippen LogP contribution in [0.2, 0.25) is 0 Å². The molecule has 18 heavy (non-hydrogen) atoms. The number of benzene rings is 1. The molecule has 1 unspecified atom stereocenters. The van der Waals surface area contributed by atoms with Gasteiger partial charge in [0, 0.05) is 0 Å². The number of rotatable bonds is 4. The van der Waals surface area contributed by atoms with Gasteiger partial charge in [0.25, 0.3) is 0 Å². The number of fused-ring (bicyclic) bond motifs is 1. The molecule has 0 aliphatic carbocycles. The van der Waals surface area contributed by atoms with E-state index in [0.29, 0.717) is 0 Å². The topological polar surface area (TPSA) is 75.3 Å². The summed E-state index contributed by atoms with van der Waals surface area (Å²) in [5.41, 5.74) is 4.10. The summed E-state index contributed by atoms with van der Waals surface area (Å²) in [6.07, 6.45) is 0.473. The number of aryl methyl sites for hydroxylation is 2. The van der Waals surface area contributed by atoms with Crippen LogP contribution in [0.5, 0.6) is 0 Å². The van der Waals surface area contributed by atoms with Gasteiger partial charge in [0.1, 0.15) is 0 Å². The first-order valence-electron chi connectivity index (χ1n) is 5.79. The van der Waals surface area contributed by atoms with Crippen molar-refractivity contribution in [1.29, 1.82) is 0 Å². The average molecular weight is 248 g/mol. The van der Waals surface area contributed by atoms with Crippen molar-refractivity contribution in [3.8, 4) is 0 Å². The van der Waals surface area contributed by atoms with Crippen LogP contribution in [-0.2, 0) is 11.3 Å². The summed E-state index contributed by atoms with van der Waals surface area (Å²) < 4.78 is 1.79. The number of imidazole rings is 1. The number of carbonyl (C=O) groups is 1. The normalized spacial score (nSPS) is 12.8. The number of hydrogen-bond donors (Lipinski definition) is 2. The number of nitrogens with zero attached hydrogens (tertiary/aromatic N) is 2. The smallest absolute Gasteiger partial charge is 0.306 e. The lowest BCUT2D eigenvalue weighted by Crippen LogP contribution is -2.19. The highest BCUT2D eigenvalue weighted by Gasteiger charge is 2.12. The number of carboxylic acid groups (broad SMARTS) is 1. The van der Waals surface area contributed by atoms with Gasteiger partial charge >= 0.3 is 5.97 Å². The van der Waals surface area contributed by atoms with Crippen molar-refractivity contribution in [2.24, 2.45) is 0 Å². The van der Waals surface area contributed by atoms with E-state index in [1.165, 1.54) is 5.56 Å². The summed E-state index contributed by atoms with van der Waals surface area (Å²) in [6, 6.07) is 4.00. The van der Waals surface area contributed by atoms with Gasteiger partial charge in [-0.25, -0.2) is 4.98 Å². The third-order valence-electron chi connectivity index (χ3n) is 3.05. The van der Waals surface area contributed by atoms with Gasteiger partial charge in [-0.2, -0.15) is 0 Å². The number of hydrogen-bond acceptors (Lipinski definition) is 3. The Morgan fingerprint density at radius 1 is 1.39 bits per heavy atom. The summed E-state index contributed by atoms with van der Waals surface area (Å²) >= 11 is 0. The predicted molar refractivity (Wildman–Crippen MR) is 67.5 cm³/mol. The van der Waals surface area contributed by atoms with Gasteiger partial charge in [0.05, 0.1) is 36.4 Å². The summed E-state index contributed by atoms with van der Waals surface area (Å²) in [5.74, 6) is -1.00. The van der Waals surface area contributed by atoms with Crippen LogP contribution in [0.25, 0.3) is 11.0 Å². The monoisotopic (exact) mass is 248 g/mol. The van der Waals surface area contributed by atoms with Crippen LogP contribution < -0.4 is 0 Å². The number of aliphatic hydroxyl groups is 1. The van der Waals surface area contributed by atoms with E-state index in [1.807, 2.05) is 26.0 Å². The van der Waals surface area contributed by atoms with E-state index in [0.717, 1.165) is 16.6 Å². The first kappa shape index (κ1) is 12.6. The minimum atomic E-state index is -1.00. The second-order valence-electron chi connectivity index (χ2n) is 4.57. The second-order valence-corrected chi connectivity index (χ2v) is 4.57. The minimum Gasteiger partial charge on any atom is -0.481 e. The Hall–Kier alpha value is -1.88. The quantitative estimate of drug-likeness (QED) is 0.859. The van der Waals surface area contributed by atoms with Gasteiger partial charge in [-0.05, 0) is 37.1 Å². The molecule has 1 aromatic heterocycles. The van der Waals surface area contributed by atoms with Gasteiger partial charge < -0.3 is 14.8 Å². The van der Waals surface area contributed by atoms with Gasteiger partial charge in [0.2, 0.25) is 0 Å². The summed E-state index contributed by atoms with van der Waals surface area (Å²) in [5, 5.41) is 18.3. The molecule has 1 heterocycles. The van der Waals surface area contributed by atoms with Crippen LogP contribution in [0.1, 0.15) is 17.5 Å². The first-order valence-corrected chi connectivity index (χ1v) is 5.79. The Morgan fingerprint density at radius 2 is 2.06 bits per heavy atom. The molecule has 5 nitrogen and oxygen atoms in total. The zero-order chi connectivity index (χ0) is 13.3. The zero-order valence-corrected chi connectivity index (χ0v) is 10.4. The van der Waals surface area contributed by atoms with E-state index in [2.05, 4.69) is 4.98 Å². The highest BCUT2D eigenvalue weighted by Crippen LogP contribution is 2.18. The lowest BCUT2D eigenvalue weighted by atomic mass is 10.1. The van der Waals surface area contributed by atoms with Crippen molar-refractivity contribution in [2.75, 3.05) is 0 Å². The molecule has 0 saturated carbocycles. The molecule has 1 aromatic carbocycles. The van der Waals surface area contributed by atoms with Crippen molar-refractivity contribution < 1.29 is 15.0 Å². The maximum absolute atomic E-state index is 10.5. The molecule has 96 valence electrons. The summed E-state index contributed by atoms with van der Waals surface area (Å²) in [4.78, 5) is 14.8. The van der Waals surface area contributed by atoms with E-state index in [1.54, 1.807) is 10.9 Å². The van der Waals surface area contributed by atoms with Gasteiger partial charge in [-0.15, -0.1) is 0 Å². The van der Waals surface area contributed by atoms with Crippen LogP contribution in [0.15, 0.2) is 18.5 Å². The van der Waals surface area contributed by atoms with Crippen molar-refractivity contribution in [2.45, 2.75) is 32.9 Å². The van der Waals surface area contributed by atoms with Crippen LogP contribution in [0.4, 0.5) is 0 Å². The fourth-order valence-electron chi connectivity index (χ4n) is 1.95. The molecule has 1 atom stereocenters. The molecule has 5 heteroatoms. The SMILES string of the molecule is Cc1cc2ncn(CC(O)CC(=O)O)c2cc1C. The Labute approximate surface area is 105 Å². The van der Waals surface area contributed by atoms with Crippen LogP contribution >= 0.6 is 0 Å². The van der Waals surface area contributed by atoms with Crippen molar-refractivity contribution in [3.05, 3.63) is 29.6 Å².